The molecule has 48 heavy (non-hydrogen) atoms. The molecular formula is C36H43ClF2N6O3. The highest BCUT2D eigenvalue weighted by atomic mass is 35.5. The van der Waals surface area contributed by atoms with Crippen LogP contribution >= 0.6 is 11.6 Å². The minimum absolute atomic E-state index is 0.0621. The number of amides is 1. The average Bonchev–Trinajstić information content (AvgIpc) is 3.62. The van der Waals surface area contributed by atoms with Gasteiger partial charge in [0.1, 0.15) is 29.7 Å². The predicted octanol–water partition coefficient (Wildman–Crippen LogP) is 7.09. The van der Waals surface area contributed by atoms with E-state index in [1.54, 1.807) is 18.2 Å². The van der Waals surface area contributed by atoms with Gasteiger partial charge in [-0.2, -0.15) is 9.97 Å². The van der Waals surface area contributed by atoms with Crippen molar-refractivity contribution in [3.05, 3.63) is 40.7 Å². The standard InChI is InChI=1S/C36H43ClF2N6O3/c1-35(2,3)48-34(46)45-23-7-8-24(45)18-43(17-23)32-26-10-9-25(27-13-22(40)14-28(37)29(27)20-5-6-20)30(39)31(26)41-33(42-32)47-19-36-11-4-12-44(36)16-21(38)15-36/h9-10,13-14,20-21,23-24H,4-8,11-12,15-19,40H2,1-3H3/t21-,23-,24+,36+/m1/s1. The van der Waals surface area contributed by atoms with Gasteiger partial charge in [-0.3, -0.25) is 9.80 Å². The number of fused-ring (bicyclic) bond motifs is 4. The highest BCUT2D eigenvalue weighted by Crippen LogP contribution is 2.49. The molecule has 4 atom stereocenters. The summed E-state index contributed by atoms with van der Waals surface area (Å²) in [5.74, 6) is 0.328. The zero-order valence-electron chi connectivity index (χ0n) is 27.8. The third-order valence-electron chi connectivity index (χ3n) is 10.8. The number of nitrogen functional groups attached to an aromatic ring is 1. The van der Waals surface area contributed by atoms with Crippen molar-refractivity contribution in [1.29, 1.82) is 0 Å². The number of anilines is 2. The first-order chi connectivity index (χ1) is 22.9. The summed E-state index contributed by atoms with van der Waals surface area (Å²) in [5, 5.41) is 1.10. The molecule has 3 aromatic rings. The van der Waals surface area contributed by atoms with E-state index in [1.807, 2.05) is 31.7 Å². The molecule has 5 heterocycles. The number of nitrogens with two attached hydrogens (primary N) is 1. The number of rotatable bonds is 6. The molecule has 9 nitrogen and oxygen atoms in total. The Balaban J connectivity index is 1.19. The van der Waals surface area contributed by atoms with E-state index < -0.39 is 23.1 Å². The number of carbonyl (C=O) groups excluding carboxylic acids is 1. The number of alkyl halides is 1. The zero-order valence-corrected chi connectivity index (χ0v) is 28.5. The maximum atomic E-state index is 16.9. The van der Waals surface area contributed by atoms with Gasteiger partial charge in [0.25, 0.3) is 0 Å². The van der Waals surface area contributed by atoms with Crippen LogP contribution in [0.25, 0.3) is 22.0 Å². The number of hydrogen-bond donors (Lipinski definition) is 1. The maximum Gasteiger partial charge on any atom is 0.410 e. The maximum absolute atomic E-state index is 16.9. The number of benzene rings is 2. The van der Waals surface area contributed by atoms with Gasteiger partial charge in [-0.15, -0.1) is 0 Å². The van der Waals surface area contributed by atoms with Crippen molar-refractivity contribution in [1.82, 2.24) is 19.8 Å². The molecule has 0 unspecified atom stereocenters. The lowest BCUT2D eigenvalue weighted by atomic mass is 9.94. The van der Waals surface area contributed by atoms with Gasteiger partial charge in [0.05, 0.1) is 17.6 Å². The molecule has 12 heteroatoms. The van der Waals surface area contributed by atoms with Crippen molar-refractivity contribution < 1.29 is 23.0 Å². The molecule has 2 bridgehead atoms. The van der Waals surface area contributed by atoms with Gasteiger partial charge in [0.2, 0.25) is 0 Å². The number of nitrogens with zero attached hydrogens (tertiary/aromatic N) is 5. The van der Waals surface area contributed by atoms with Crippen molar-refractivity contribution in [3.63, 3.8) is 0 Å². The van der Waals surface area contributed by atoms with E-state index in [0.717, 1.165) is 50.6 Å². The second-order valence-electron chi connectivity index (χ2n) is 15.4. The van der Waals surface area contributed by atoms with Crippen LogP contribution in [0.1, 0.15) is 77.2 Å². The fourth-order valence-corrected chi connectivity index (χ4v) is 9.01. The zero-order chi connectivity index (χ0) is 33.5. The first-order valence-corrected chi connectivity index (χ1v) is 17.6. The van der Waals surface area contributed by atoms with E-state index in [9.17, 15) is 9.18 Å². The smallest absolute Gasteiger partial charge is 0.410 e. The largest absolute Gasteiger partial charge is 0.461 e. The van der Waals surface area contributed by atoms with Crippen molar-refractivity contribution in [2.24, 2.45) is 0 Å². The van der Waals surface area contributed by atoms with E-state index in [4.69, 9.17) is 31.8 Å². The van der Waals surface area contributed by atoms with Crippen LogP contribution in [0.4, 0.5) is 25.1 Å². The molecule has 4 saturated heterocycles. The number of hydrogen-bond acceptors (Lipinski definition) is 8. The van der Waals surface area contributed by atoms with Gasteiger partial charge in [-0.1, -0.05) is 17.7 Å². The summed E-state index contributed by atoms with van der Waals surface area (Å²) in [6.07, 6.45) is 4.68. The quantitative estimate of drug-likeness (QED) is 0.276. The van der Waals surface area contributed by atoms with Crippen LogP contribution in [0.15, 0.2) is 24.3 Å². The Bertz CT molecular complexity index is 1770. The Morgan fingerprint density at radius 2 is 1.83 bits per heavy atom. The first kappa shape index (κ1) is 31.8. The molecule has 256 valence electrons. The number of piperazine rings is 1. The van der Waals surface area contributed by atoms with Crippen LogP contribution in [-0.4, -0.2) is 88.0 Å². The van der Waals surface area contributed by atoms with Crippen LogP contribution in [0.3, 0.4) is 0 Å². The Morgan fingerprint density at radius 1 is 1.08 bits per heavy atom. The Labute approximate surface area is 284 Å². The summed E-state index contributed by atoms with van der Waals surface area (Å²) >= 11 is 6.68. The van der Waals surface area contributed by atoms with E-state index >= 15 is 4.39 Å². The Morgan fingerprint density at radius 3 is 2.54 bits per heavy atom. The summed E-state index contributed by atoms with van der Waals surface area (Å²) in [5.41, 5.74) is 7.78. The summed E-state index contributed by atoms with van der Waals surface area (Å²) in [6, 6.07) is 7.07. The van der Waals surface area contributed by atoms with E-state index in [2.05, 4.69) is 14.8 Å². The molecule has 0 spiro atoms. The number of halogens is 3. The van der Waals surface area contributed by atoms with Gasteiger partial charge >= 0.3 is 12.1 Å². The molecular weight excluding hydrogens is 638 g/mol. The van der Waals surface area contributed by atoms with Gasteiger partial charge < -0.3 is 20.1 Å². The molecule has 2 aromatic carbocycles. The minimum Gasteiger partial charge on any atom is -0.461 e. The van der Waals surface area contributed by atoms with E-state index in [1.165, 1.54) is 0 Å². The van der Waals surface area contributed by atoms with Crippen molar-refractivity contribution in [2.45, 2.75) is 101 Å². The fourth-order valence-electron chi connectivity index (χ4n) is 8.62. The second-order valence-corrected chi connectivity index (χ2v) is 15.8. The molecule has 1 amide bonds. The number of ether oxygens (including phenoxy) is 2. The predicted molar refractivity (Wildman–Crippen MR) is 182 cm³/mol. The van der Waals surface area contributed by atoms with Crippen LogP contribution in [0.5, 0.6) is 6.01 Å². The molecule has 5 aliphatic rings. The first-order valence-electron chi connectivity index (χ1n) is 17.3. The molecule has 4 aliphatic heterocycles. The monoisotopic (exact) mass is 680 g/mol. The Kier molecular flexibility index (Phi) is 7.67. The third-order valence-corrected chi connectivity index (χ3v) is 11.1. The normalized spacial score (nSPS) is 27.2. The van der Waals surface area contributed by atoms with Gasteiger partial charge in [-0.05, 0) is 101 Å². The van der Waals surface area contributed by atoms with Crippen molar-refractivity contribution in [3.8, 4) is 17.1 Å². The molecule has 1 saturated carbocycles. The van der Waals surface area contributed by atoms with Gasteiger partial charge in [0, 0.05) is 47.7 Å². The average molecular weight is 681 g/mol. The highest BCUT2D eigenvalue weighted by Gasteiger charge is 2.50. The summed E-state index contributed by atoms with van der Waals surface area (Å²) in [6.45, 7) is 8.11. The second kappa shape index (κ2) is 11.6. The SMILES string of the molecule is CC(C)(C)OC(=O)N1[C@@H]2CC[C@H]1CN(c1nc(OC[C@@]34CCCN3C[C@H](F)C4)nc3c(F)c(-c4cc(N)cc(Cl)c4C4CC4)ccc13)C2. The highest BCUT2D eigenvalue weighted by molar-refractivity contribution is 6.32. The van der Waals surface area contributed by atoms with Crippen LogP contribution in [0.2, 0.25) is 5.02 Å². The molecule has 8 rings (SSSR count). The molecule has 1 aliphatic carbocycles. The fraction of sp³-hybridized carbons (Fsp3) is 0.583. The summed E-state index contributed by atoms with van der Waals surface area (Å²) in [7, 11) is 0. The lowest BCUT2D eigenvalue weighted by Crippen LogP contribution is -2.57. The lowest BCUT2D eigenvalue weighted by molar-refractivity contribution is 0.0122. The minimum atomic E-state index is -0.899. The van der Waals surface area contributed by atoms with Crippen molar-refractivity contribution in [2.75, 3.05) is 43.4 Å². The summed E-state index contributed by atoms with van der Waals surface area (Å²) in [4.78, 5) is 29.0. The molecule has 2 N–H and O–H groups in total. The topological polar surface area (TPSA) is 97.0 Å². The third kappa shape index (κ3) is 5.60. The Hall–Kier alpha value is -3.44. The summed E-state index contributed by atoms with van der Waals surface area (Å²) < 4.78 is 43.6. The molecule has 0 radical (unpaired) electrons. The van der Waals surface area contributed by atoms with Crippen LogP contribution in [0, 0.1) is 5.82 Å². The molecule has 5 fully saturated rings. The van der Waals surface area contributed by atoms with E-state index in [-0.39, 0.29) is 42.2 Å². The van der Waals surface area contributed by atoms with Crippen molar-refractivity contribution >= 4 is 40.1 Å². The number of aromatic nitrogens is 2. The van der Waals surface area contributed by atoms with Gasteiger partial charge in [0.15, 0.2) is 5.82 Å². The molecule has 1 aromatic heterocycles. The van der Waals surface area contributed by atoms with Crippen LogP contribution < -0.4 is 15.4 Å². The van der Waals surface area contributed by atoms with E-state index in [0.29, 0.717) is 59.1 Å². The van der Waals surface area contributed by atoms with Gasteiger partial charge in [-0.25, -0.2) is 13.6 Å². The lowest BCUT2D eigenvalue weighted by Gasteiger charge is -2.42. The number of carbonyl (C=O) groups is 1. The van der Waals surface area contributed by atoms with Crippen LogP contribution in [-0.2, 0) is 4.74 Å².